The highest BCUT2D eigenvalue weighted by Crippen LogP contribution is 2.33. The SMILES string of the molecule is CCCCN(C(=O)c1ccc(N2CCCCC2=O)cc1)C1CC(C)(C)NC(C)(C)C1. The molecule has 2 aliphatic rings. The van der Waals surface area contributed by atoms with Crippen molar-refractivity contribution in [3.05, 3.63) is 29.8 Å². The van der Waals surface area contributed by atoms with Gasteiger partial charge >= 0.3 is 0 Å². The summed E-state index contributed by atoms with van der Waals surface area (Å²) >= 11 is 0. The zero-order chi connectivity index (χ0) is 21.9. The molecule has 0 aliphatic carbocycles. The number of hydrogen-bond acceptors (Lipinski definition) is 3. The molecule has 2 fully saturated rings. The lowest BCUT2D eigenvalue weighted by Gasteiger charge is -2.49. The molecular weight excluding hydrogens is 374 g/mol. The summed E-state index contributed by atoms with van der Waals surface area (Å²) in [6.07, 6.45) is 6.61. The van der Waals surface area contributed by atoms with Crippen LogP contribution in [-0.4, -0.2) is 46.9 Å². The second-order valence-electron chi connectivity index (χ2n) is 10.4. The van der Waals surface area contributed by atoms with Crippen LogP contribution < -0.4 is 10.2 Å². The van der Waals surface area contributed by atoms with Gasteiger partial charge in [-0.15, -0.1) is 0 Å². The van der Waals surface area contributed by atoms with Crippen LogP contribution in [0.5, 0.6) is 0 Å². The van der Waals surface area contributed by atoms with Crippen LogP contribution in [0.15, 0.2) is 24.3 Å². The quantitative estimate of drug-likeness (QED) is 0.732. The number of piperidine rings is 2. The van der Waals surface area contributed by atoms with Gasteiger partial charge in [0.2, 0.25) is 5.91 Å². The molecule has 2 saturated heterocycles. The van der Waals surface area contributed by atoms with Crippen LogP contribution in [0.25, 0.3) is 0 Å². The van der Waals surface area contributed by atoms with E-state index in [-0.39, 0.29) is 28.9 Å². The van der Waals surface area contributed by atoms with Crippen LogP contribution in [0.4, 0.5) is 5.69 Å². The zero-order valence-electron chi connectivity index (χ0n) is 19.5. The van der Waals surface area contributed by atoms with Gasteiger partial charge in [0.15, 0.2) is 0 Å². The number of benzene rings is 1. The third-order valence-electron chi connectivity index (χ3n) is 6.37. The standard InChI is InChI=1S/C25H39N3O2/c1-6-7-15-28(21-17-24(2,3)26-25(4,5)18-21)23(30)19-11-13-20(14-12-19)27-16-9-8-10-22(27)29/h11-14,21,26H,6-10,15-18H2,1-5H3. The smallest absolute Gasteiger partial charge is 0.254 e. The molecule has 166 valence electrons. The number of nitrogens with zero attached hydrogens (tertiary/aromatic N) is 2. The Morgan fingerprint density at radius 3 is 2.30 bits per heavy atom. The van der Waals surface area contributed by atoms with Gasteiger partial charge in [-0.1, -0.05) is 13.3 Å². The van der Waals surface area contributed by atoms with Gasteiger partial charge in [-0.25, -0.2) is 0 Å². The highest BCUT2D eigenvalue weighted by atomic mass is 16.2. The van der Waals surface area contributed by atoms with Crippen molar-refractivity contribution in [3.63, 3.8) is 0 Å². The average Bonchev–Trinajstić information content (AvgIpc) is 2.66. The average molecular weight is 414 g/mol. The van der Waals surface area contributed by atoms with Crippen molar-refractivity contribution < 1.29 is 9.59 Å². The minimum atomic E-state index is -0.00432. The number of amides is 2. The summed E-state index contributed by atoms with van der Waals surface area (Å²) in [6.45, 7) is 12.7. The number of rotatable bonds is 6. The summed E-state index contributed by atoms with van der Waals surface area (Å²) < 4.78 is 0. The molecule has 0 atom stereocenters. The van der Waals surface area contributed by atoms with Gasteiger partial charge in [0.05, 0.1) is 0 Å². The Balaban J connectivity index is 1.80. The lowest BCUT2D eigenvalue weighted by molar-refractivity contribution is -0.119. The van der Waals surface area contributed by atoms with Gasteiger partial charge in [0.25, 0.3) is 5.91 Å². The fraction of sp³-hybridized carbons (Fsp3) is 0.680. The highest BCUT2D eigenvalue weighted by Gasteiger charge is 2.41. The van der Waals surface area contributed by atoms with Gasteiger partial charge in [0.1, 0.15) is 0 Å². The maximum atomic E-state index is 13.5. The van der Waals surface area contributed by atoms with Gasteiger partial charge in [-0.3, -0.25) is 9.59 Å². The maximum absolute atomic E-state index is 13.5. The minimum Gasteiger partial charge on any atom is -0.336 e. The lowest BCUT2D eigenvalue weighted by Crippen LogP contribution is -2.62. The Morgan fingerprint density at radius 1 is 1.10 bits per heavy atom. The number of anilines is 1. The van der Waals surface area contributed by atoms with Gasteiger partial charge in [0, 0.05) is 47.9 Å². The largest absolute Gasteiger partial charge is 0.336 e. The lowest BCUT2D eigenvalue weighted by atomic mass is 9.78. The molecule has 0 radical (unpaired) electrons. The van der Waals surface area contributed by atoms with Gasteiger partial charge in [-0.05, 0) is 84.1 Å². The summed E-state index contributed by atoms with van der Waals surface area (Å²) in [5.41, 5.74) is 1.61. The topological polar surface area (TPSA) is 52.7 Å². The van der Waals surface area contributed by atoms with E-state index in [2.05, 4.69) is 44.8 Å². The van der Waals surface area contributed by atoms with E-state index >= 15 is 0 Å². The van der Waals surface area contributed by atoms with Crippen molar-refractivity contribution in [1.82, 2.24) is 10.2 Å². The Kier molecular flexibility index (Phi) is 6.91. The fourth-order valence-corrected chi connectivity index (χ4v) is 5.30. The predicted octanol–water partition coefficient (Wildman–Crippen LogP) is 4.76. The van der Waals surface area contributed by atoms with E-state index < -0.39 is 0 Å². The van der Waals surface area contributed by atoms with Crippen molar-refractivity contribution >= 4 is 17.5 Å². The Bertz CT molecular complexity index is 738. The molecule has 2 heterocycles. The third kappa shape index (κ3) is 5.42. The number of carbonyl (C=O) groups is 2. The van der Waals surface area contributed by atoms with E-state index in [1.807, 2.05) is 29.2 Å². The molecule has 3 rings (SSSR count). The molecule has 0 unspecified atom stereocenters. The predicted molar refractivity (Wildman–Crippen MR) is 123 cm³/mol. The van der Waals surface area contributed by atoms with Crippen LogP contribution in [0.1, 0.15) is 89.9 Å². The summed E-state index contributed by atoms with van der Waals surface area (Å²) in [6, 6.07) is 7.89. The molecule has 30 heavy (non-hydrogen) atoms. The number of unbranched alkanes of at least 4 members (excludes halogenated alkanes) is 1. The van der Waals surface area contributed by atoms with E-state index in [9.17, 15) is 9.59 Å². The van der Waals surface area contributed by atoms with Gasteiger partial charge < -0.3 is 15.1 Å². The summed E-state index contributed by atoms with van der Waals surface area (Å²) in [5.74, 6) is 0.294. The van der Waals surface area contributed by atoms with E-state index in [0.717, 1.165) is 57.3 Å². The molecule has 1 N–H and O–H groups in total. The van der Waals surface area contributed by atoms with E-state index in [1.54, 1.807) is 0 Å². The first-order valence-electron chi connectivity index (χ1n) is 11.6. The van der Waals surface area contributed by atoms with E-state index in [4.69, 9.17) is 0 Å². The first kappa shape index (κ1) is 22.8. The second-order valence-corrected chi connectivity index (χ2v) is 10.4. The molecule has 0 saturated carbocycles. The Labute approximate surface area is 182 Å². The van der Waals surface area contributed by atoms with Gasteiger partial charge in [-0.2, -0.15) is 0 Å². The molecular formula is C25H39N3O2. The highest BCUT2D eigenvalue weighted by molar-refractivity contribution is 5.97. The minimum absolute atomic E-state index is 0.00432. The van der Waals surface area contributed by atoms with Crippen molar-refractivity contribution in [1.29, 1.82) is 0 Å². The van der Waals surface area contributed by atoms with Crippen LogP contribution >= 0.6 is 0 Å². The molecule has 2 amide bonds. The summed E-state index contributed by atoms with van der Waals surface area (Å²) in [7, 11) is 0. The van der Waals surface area contributed by atoms with Crippen molar-refractivity contribution in [2.45, 2.75) is 96.7 Å². The molecule has 0 aromatic heterocycles. The van der Waals surface area contributed by atoms with Crippen molar-refractivity contribution in [3.8, 4) is 0 Å². The zero-order valence-corrected chi connectivity index (χ0v) is 19.5. The van der Waals surface area contributed by atoms with Crippen LogP contribution in [0.2, 0.25) is 0 Å². The Hall–Kier alpha value is -1.88. The first-order valence-corrected chi connectivity index (χ1v) is 11.6. The third-order valence-corrected chi connectivity index (χ3v) is 6.37. The molecule has 5 nitrogen and oxygen atoms in total. The van der Waals surface area contributed by atoms with E-state index in [0.29, 0.717) is 12.0 Å². The Morgan fingerprint density at radius 2 is 1.73 bits per heavy atom. The molecule has 0 spiro atoms. The maximum Gasteiger partial charge on any atom is 0.254 e. The second kappa shape index (κ2) is 9.09. The normalized spacial score (nSPS) is 21.5. The summed E-state index contributed by atoms with van der Waals surface area (Å²) in [4.78, 5) is 29.7. The van der Waals surface area contributed by atoms with Crippen LogP contribution in [-0.2, 0) is 4.79 Å². The number of nitrogens with one attached hydrogen (secondary N) is 1. The van der Waals surface area contributed by atoms with Crippen LogP contribution in [0, 0.1) is 0 Å². The first-order chi connectivity index (χ1) is 14.1. The molecule has 1 aromatic carbocycles. The number of hydrogen-bond donors (Lipinski definition) is 1. The molecule has 2 aliphatic heterocycles. The van der Waals surface area contributed by atoms with E-state index in [1.165, 1.54) is 0 Å². The molecule has 1 aromatic rings. The number of carbonyl (C=O) groups excluding carboxylic acids is 2. The molecule has 0 bridgehead atoms. The van der Waals surface area contributed by atoms with Crippen molar-refractivity contribution in [2.24, 2.45) is 0 Å². The van der Waals surface area contributed by atoms with Crippen LogP contribution in [0.3, 0.4) is 0 Å². The van der Waals surface area contributed by atoms with Crippen molar-refractivity contribution in [2.75, 3.05) is 18.0 Å². The molecule has 5 heteroatoms. The summed E-state index contributed by atoms with van der Waals surface area (Å²) in [5, 5.41) is 3.72. The monoisotopic (exact) mass is 413 g/mol. The fourth-order valence-electron chi connectivity index (χ4n) is 5.30.